The Morgan fingerprint density at radius 2 is 1.72 bits per heavy atom. The number of carbonyl (C=O) groups excluding carboxylic acids is 1. The van der Waals surface area contributed by atoms with E-state index in [1.807, 2.05) is 37.3 Å². The van der Waals surface area contributed by atoms with Gasteiger partial charge >= 0.3 is 5.97 Å². The van der Waals surface area contributed by atoms with E-state index in [4.69, 9.17) is 4.74 Å². The summed E-state index contributed by atoms with van der Waals surface area (Å²) in [6.07, 6.45) is -0.480. The maximum atomic E-state index is 13.0. The van der Waals surface area contributed by atoms with Crippen molar-refractivity contribution in [1.82, 2.24) is 9.78 Å². The predicted octanol–water partition coefficient (Wildman–Crippen LogP) is 4.55. The van der Waals surface area contributed by atoms with Crippen LogP contribution in [0.15, 0.2) is 54.6 Å². The van der Waals surface area contributed by atoms with E-state index in [1.165, 1.54) is 12.1 Å². The lowest BCUT2D eigenvalue weighted by Crippen LogP contribution is -2.11. The molecule has 25 heavy (non-hydrogen) atoms. The second-order valence-electron chi connectivity index (χ2n) is 5.89. The highest BCUT2D eigenvalue weighted by Gasteiger charge is 2.23. The highest BCUT2D eigenvalue weighted by atomic mass is 19.1. The summed E-state index contributed by atoms with van der Waals surface area (Å²) in [6, 6.07) is 15.5. The van der Waals surface area contributed by atoms with Gasteiger partial charge in [0.1, 0.15) is 17.5 Å². The molecule has 0 aliphatic heterocycles. The summed E-state index contributed by atoms with van der Waals surface area (Å²) in [5.74, 6) is -0.757. The number of benzene rings is 2. The van der Waals surface area contributed by atoms with Gasteiger partial charge in [0, 0.05) is 0 Å². The Hall–Kier alpha value is -2.95. The Morgan fingerprint density at radius 3 is 2.36 bits per heavy atom. The molecule has 1 heterocycles. The Bertz CT molecular complexity index is 886. The third-order valence-electron chi connectivity index (χ3n) is 4.12. The molecule has 3 rings (SSSR count). The molecule has 0 saturated carbocycles. The van der Waals surface area contributed by atoms with Crippen LogP contribution >= 0.6 is 0 Å². The number of hydrogen-bond donors (Lipinski definition) is 0. The number of nitrogens with zero attached hydrogens (tertiary/aromatic N) is 2. The van der Waals surface area contributed by atoms with Crippen molar-refractivity contribution in [3.8, 4) is 5.69 Å². The summed E-state index contributed by atoms with van der Waals surface area (Å²) >= 11 is 0. The number of aryl methyl sites for hydroxylation is 1. The number of rotatable bonds is 4. The monoisotopic (exact) mass is 338 g/mol. The molecule has 0 N–H and O–H groups in total. The maximum absolute atomic E-state index is 13.0. The van der Waals surface area contributed by atoms with Crippen molar-refractivity contribution in [1.29, 1.82) is 0 Å². The smallest absolute Gasteiger partial charge is 0.342 e. The Balaban J connectivity index is 1.85. The van der Waals surface area contributed by atoms with Gasteiger partial charge in [-0.15, -0.1) is 0 Å². The summed E-state index contributed by atoms with van der Waals surface area (Å²) in [5.41, 5.74) is 3.41. The molecule has 0 fully saturated rings. The molecule has 4 nitrogen and oxygen atoms in total. The first-order valence-electron chi connectivity index (χ1n) is 8.05. The van der Waals surface area contributed by atoms with Crippen molar-refractivity contribution in [2.75, 3.05) is 0 Å². The van der Waals surface area contributed by atoms with Crippen molar-refractivity contribution in [3.63, 3.8) is 0 Å². The van der Waals surface area contributed by atoms with Crippen LogP contribution in [0.2, 0.25) is 0 Å². The van der Waals surface area contributed by atoms with E-state index in [-0.39, 0.29) is 5.82 Å². The van der Waals surface area contributed by atoms with Crippen molar-refractivity contribution in [3.05, 3.63) is 82.9 Å². The van der Waals surface area contributed by atoms with Crippen LogP contribution in [0.4, 0.5) is 4.39 Å². The minimum absolute atomic E-state index is 0.321. The van der Waals surface area contributed by atoms with Gasteiger partial charge in [-0.2, -0.15) is 5.10 Å². The Morgan fingerprint density at radius 1 is 1.08 bits per heavy atom. The first-order chi connectivity index (χ1) is 12.0. The number of esters is 1. The molecular formula is C20H19FN2O2. The van der Waals surface area contributed by atoms with E-state index in [0.29, 0.717) is 11.3 Å². The van der Waals surface area contributed by atoms with E-state index < -0.39 is 12.1 Å². The van der Waals surface area contributed by atoms with E-state index in [1.54, 1.807) is 30.7 Å². The molecule has 1 atom stereocenters. The molecule has 0 bridgehead atoms. The quantitative estimate of drug-likeness (QED) is 0.656. The first-order valence-corrected chi connectivity index (χ1v) is 8.05. The van der Waals surface area contributed by atoms with Gasteiger partial charge in [-0.25, -0.2) is 13.9 Å². The molecule has 2 aromatic carbocycles. The van der Waals surface area contributed by atoms with Gasteiger partial charge in [-0.3, -0.25) is 0 Å². The van der Waals surface area contributed by atoms with Crippen molar-refractivity contribution < 1.29 is 13.9 Å². The van der Waals surface area contributed by atoms with Crippen molar-refractivity contribution >= 4 is 5.97 Å². The molecule has 0 aliphatic rings. The first kappa shape index (κ1) is 16.9. The third kappa shape index (κ3) is 3.45. The van der Waals surface area contributed by atoms with E-state index in [0.717, 1.165) is 16.9 Å². The standard InChI is InChI=1S/C20H19FN2O2/c1-13-19(14(2)23(22-13)18-7-5-4-6-8-18)20(24)25-15(3)16-9-11-17(21)12-10-16/h4-12,15H,1-3H3/t15-/m1/s1. The Kier molecular flexibility index (Phi) is 4.65. The summed E-state index contributed by atoms with van der Waals surface area (Å²) in [7, 11) is 0. The molecule has 0 saturated heterocycles. The maximum Gasteiger partial charge on any atom is 0.342 e. The zero-order valence-electron chi connectivity index (χ0n) is 14.4. The summed E-state index contributed by atoms with van der Waals surface area (Å²) in [5, 5.41) is 4.46. The van der Waals surface area contributed by atoms with Crippen LogP contribution < -0.4 is 0 Å². The van der Waals surface area contributed by atoms with Gasteiger partial charge in [-0.1, -0.05) is 30.3 Å². The summed E-state index contributed by atoms with van der Waals surface area (Å²) < 4.78 is 20.3. The fourth-order valence-corrected chi connectivity index (χ4v) is 2.78. The largest absolute Gasteiger partial charge is 0.454 e. The lowest BCUT2D eigenvalue weighted by Gasteiger charge is -2.14. The predicted molar refractivity (Wildman–Crippen MR) is 93.3 cm³/mol. The van der Waals surface area contributed by atoms with Crippen molar-refractivity contribution in [2.24, 2.45) is 0 Å². The summed E-state index contributed by atoms with van der Waals surface area (Å²) in [4.78, 5) is 12.6. The van der Waals surface area contributed by atoms with Gasteiger partial charge in [-0.05, 0) is 50.6 Å². The van der Waals surface area contributed by atoms with Crippen LogP contribution in [0, 0.1) is 19.7 Å². The number of carbonyl (C=O) groups is 1. The van der Waals surface area contributed by atoms with Crippen LogP contribution in [0.25, 0.3) is 5.69 Å². The number of hydrogen-bond acceptors (Lipinski definition) is 3. The topological polar surface area (TPSA) is 44.1 Å². The van der Waals surface area contributed by atoms with E-state index in [2.05, 4.69) is 5.10 Å². The third-order valence-corrected chi connectivity index (χ3v) is 4.12. The average molecular weight is 338 g/mol. The number of halogens is 1. The number of para-hydroxylation sites is 1. The van der Waals surface area contributed by atoms with Crippen LogP contribution in [-0.2, 0) is 4.74 Å². The molecule has 0 aliphatic carbocycles. The van der Waals surface area contributed by atoms with Crippen LogP contribution in [0.1, 0.15) is 40.3 Å². The lowest BCUT2D eigenvalue weighted by atomic mass is 10.1. The average Bonchev–Trinajstić information content (AvgIpc) is 2.90. The molecule has 5 heteroatoms. The number of ether oxygens (including phenoxy) is 1. The van der Waals surface area contributed by atoms with Gasteiger partial charge in [0.2, 0.25) is 0 Å². The molecular weight excluding hydrogens is 319 g/mol. The molecule has 128 valence electrons. The second-order valence-corrected chi connectivity index (χ2v) is 5.89. The van der Waals surface area contributed by atoms with Gasteiger partial charge in [0.15, 0.2) is 0 Å². The fraction of sp³-hybridized carbons (Fsp3) is 0.200. The van der Waals surface area contributed by atoms with E-state index >= 15 is 0 Å². The van der Waals surface area contributed by atoms with E-state index in [9.17, 15) is 9.18 Å². The zero-order valence-corrected chi connectivity index (χ0v) is 14.4. The molecule has 0 amide bonds. The van der Waals surface area contributed by atoms with Crippen molar-refractivity contribution in [2.45, 2.75) is 26.9 Å². The number of aromatic nitrogens is 2. The van der Waals surface area contributed by atoms with Crippen LogP contribution in [-0.4, -0.2) is 15.7 Å². The molecule has 0 radical (unpaired) electrons. The second kappa shape index (κ2) is 6.89. The van der Waals surface area contributed by atoms with Gasteiger partial charge < -0.3 is 4.74 Å². The Labute approximate surface area is 145 Å². The van der Waals surface area contributed by atoms with Crippen LogP contribution in [0.5, 0.6) is 0 Å². The van der Waals surface area contributed by atoms with Gasteiger partial charge in [0.05, 0.1) is 17.1 Å². The minimum Gasteiger partial charge on any atom is -0.454 e. The molecule has 0 unspecified atom stereocenters. The molecule has 1 aromatic heterocycles. The highest BCUT2D eigenvalue weighted by molar-refractivity contribution is 5.92. The minimum atomic E-state index is -0.480. The molecule has 0 spiro atoms. The van der Waals surface area contributed by atoms with Gasteiger partial charge in [0.25, 0.3) is 0 Å². The fourth-order valence-electron chi connectivity index (χ4n) is 2.78. The van der Waals surface area contributed by atoms with Crippen LogP contribution in [0.3, 0.4) is 0 Å². The summed E-state index contributed by atoms with van der Waals surface area (Å²) in [6.45, 7) is 5.38. The SMILES string of the molecule is Cc1nn(-c2ccccc2)c(C)c1C(=O)O[C@H](C)c1ccc(F)cc1. The molecule has 3 aromatic rings. The normalized spacial score (nSPS) is 12.0. The zero-order chi connectivity index (χ0) is 18.0. The lowest BCUT2D eigenvalue weighted by molar-refractivity contribution is 0.0336. The highest BCUT2D eigenvalue weighted by Crippen LogP contribution is 2.23.